The van der Waals surface area contributed by atoms with Gasteiger partial charge in [-0.05, 0) is 45.6 Å². The van der Waals surface area contributed by atoms with E-state index in [1.54, 1.807) is 26.8 Å². The Bertz CT molecular complexity index is 1180. The predicted octanol–water partition coefficient (Wildman–Crippen LogP) is 3.10. The van der Waals surface area contributed by atoms with Crippen LogP contribution in [0.4, 0.5) is 0 Å². The van der Waals surface area contributed by atoms with Crippen molar-refractivity contribution in [1.29, 1.82) is 0 Å². The van der Waals surface area contributed by atoms with Crippen LogP contribution in [0.2, 0.25) is 0 Å². The maximum absolute atomic E-state index is 14.3. The summed E-state index contributed by atoms with van der Waals surface area (Å²) in [5, 5.41) is 0. The highest BCUT2D eigenvalue weighted by atomic mass is 16.6. The number of carbonyl (C=O) groups is 5. The van der Waals surface area contributed by atoms with Crippen LogP contribution >= 0.6 is 0 Å². The number of rotatable bonds is 8. The molecule has 0 aromatic carbocycles. The Balaban J connectivity index is 2.11. The molecule has 11 nitrogen and oxygen atoms in total. The average molecular weight is 593 g/mol. The van der Waals surface area contributed by atoms with E-state index in [4.69, 9.17) is 28.4 Å². The number of hydrogen-bond donors (Lipinski definition) is 0. The minimum atomic E-state index is -1.58. The van der Waals surface area contributed by atoms with E-state index in [1.165, 1.54) is 33.8 Å². The van der Waals surface area contributed by atoms with E-state index in [2.05, 4.69) is 0 Å². The molecule has 3 fully saturated rings. The zero-order valence-corrected chi connectivity index (χ0v) is 26.0. The molecule has 0 N–H and O–H groups in total. The van der Waals surface area contributed by atoms with Crippen molar-refractivity contribution in [3.05, 3.63) is 12.2 Å². The highest BCUT2D eigenvalue weighted by molar-refractivity contribution is 5.98. The van der Waals surface area contributed by atoms with Gasteiger partial charge in [0.2, 0.25) is 0 Å². The van der Waals surface area contributed by atoms with Gasteiger partial charge in [-0.2, -0.15) is 0 Å². The largest absolute Gasteiger partial charge is 0.461 e. The Kier molecular flexibility index (Phi) is 8.45. The lowest BCUT2D eigenvalue weighted by Crippen LogP contribution is -2.64. The average Bonchev–Trinajstić information content (AvgIpc) is 3.29. The van der Waals surface area contributed by atoms with Crippen LogP contribution in [0, 0.1) is 29.1 Å². The summed E-state index contributed by atoms with van der Waals surface area (Å²) < 4.78 is 37.3. The summed E-state index contributed by atoms with van der Waals surface area (Å²) in [5.41, 5.74) is -5.68. The molecule has 11 heteroatoms. The minimum Gasteiger partial charge on any atom is -0.461 e. The summed E-state index contributed by atoms with van der Waals surface area (Å²) >= 11 is 0. The molecule has 2 saturated carbocycles. The summed E-state index contributed by atoms with van der Waals surface area (Å²) in [6.07, 6.45) is 0.961. The zero-order chi connectivity index (χ0) is 31.4. The van der Waals surface area contributed by atoms with Gasteiger partial charge in [0.1, 0.15) is 22.7 Å². The van der Waals surface area contributed by atoms with E-state index >= 15 is 0 Å². The Morgan fingerprint density at radius 1 is 1.02 bits per heavy atom. The highest BCUT2D eigenvalue weighted by Gasteiger charge is 2.82. The minimum absolute atomic E-state index is 0.165. The van der Waals surface area contributed by atoms with Crippen LogP contribution in [0.5, 0.6) is 0 Å². The number of ether oxygens (including phenoxy) is 6. The van der Waals surface area contributed by atoms with Crippen LogP contribution in [0.3, 0.4) is 0 Å². The smallest absolute Gasteiger partial charge is 0.303 e. The third-order valence-electron chi connectivity index (χ3n) is 9.62. The first kappa shape index (κ1) is 32.1. The Hall–Kier alpha value is -2.79. The molecule has 0 spiro atoms. The van der Waals surface area contributed by atoms with Crippen LogP contribution in [0.15, 0.2) is 12.2 Å². The zero-order valence-electron chi connectivity index (χ0n) is 26.0. The van der Waals surface area contributed by atoms with E-state index in [1.807, 2.05) is 13.8 Å². The molecule has 1 saturated heterocycles. The molecule has 0 aromatic rings. The van der Waals surface area contributed by atoms with Gasteiger partial charge in [-0.15, -0.1) is 0 Å². The second-order valence-electron chi connectivity index (χ2n) is 13.0. The van der Waals surface area contributed by atoms with E-state index < -0.39 is 82.2 Å². The van der Waals surface area contributed by atoms with Crippen molar-refractivity contribution in [2.24, 2.45) is 29.1 Å². The van der Waals surface area contributed by atoms with Crippen LogP contribution in [-0.2, 0) is 52.4 Å². The lowest BCUT2D eigenvalue weighted by Gasteiger charge is -2.50. The van der Waals surface area contributed by atoms with Gasteiger partial charge in [0.15, 0.2) is 17.5 Å². The Morgan fingerprint density at radius 3 is 2.21 bits per heavy atom. The van der Waals surface area contributed by atoms with Gasteiger partial charge in [0, 0.05) is 46.1 Å². The third kappa shape index (κ3) is 4.86. The van der Waals surface area contributed by atoms with Crippen molar-refractivity contribution in [3.8, 4) is 0 Å². The maximum atomic E-state index is 14.3. The summed E-state index contributed by atoms with van der Waals surface area (Å²) in [6.45, 7) is 14.4. The fraction of sp³-hybridized carbons (Fsp3) is 0.774. The first-order valence-corrected chi connectivity index (χ1v) is 14.7. The number of esters is 4. The third-order valence-corrected chi connectivity index (χ3v) is 9.62. The molecule has 1 heterocycles. The van der Waals surface area contributed by atoms with Gasteiger partial charge in [0.25, 0.3) is 0 Å². The van der Waals surface area contributed by atoms with Crippen LogP contribution in [-0.4, -0.2) is 78.0 Å². The van der Waals surface area contributed by atoms with Gasteiger partial charge in [0.05, 0.1) is 18.6 Å². The number of ketones is 1. The molecule has 4 rings (SSSR count). The molecule has 42 heavy (non-hydrogen) atoms. The molecule has 0 amide bonds. The molecule has 1 unspecified atom stereocenters. The number of fused-ring (bicyclic) bond motifs is 1. The monoisotopic (exact) mass is 592 g/mol. The fourth-order valence-electron chi connectivity index (χ4n) is 8.63. The molecule has 10 atom stereocenters. The first-order valence-electron chi connectivity index (χ1n) is 14.7. The predicted molar refractivity (Wildman–Crippen MR) is 147 cm³/mol. The normalized spacial score (nSPS) is 40.4. The highest BCUT2D eigenvalue weighted by Crippen LogP contribution is 2.68. The lowest BCUT2D eigenvalue weighted by molar-refractivity contribution is -0.244. The van der Waals surface area contributed by atoms with Crippen LogP contribution < -0.4 is 0 Å². The first-order chi connectivity index (χ1) is 19.5. The van der Waals surface area contributed by atoms with Gasteiger partial charge in [-0.25, -0.2) is 0 Å². The molecule has 1 aliphatic heterocycles. The SMILES string of the molecule is CCCO[C@@H]1[C@@H]2[C@@H](OC(C)=O)[C@@]34CO[C@@](C)([C@H](OC(C)=O)[C@@]2(OC(C)=O)C[C@@H]1C)[C@@H]3C(C(C)(C)OC(C)=O)C=CC4=O. The molecular formula is C31H44O11. The molecule has 234 valence electrons. The summed E-state index contributed by atoms with van der Waals surface area (Å²) in [4.78, 5) is 65.1. The maximum Gasteiger partial charge on any atom is 0.303 e. The number of allylic oxidation sites excluding steroid dienone is 1. The van der Waals surface area contributed by atoms with Crippen molar-refractivity contribution in [2.75, 3.05) is 13.2 Å². The molecule has 2 bridgehead atoms. The lowest BCUT2D eigenvalue weighted by atomic mass is 9.54. The summed E-state index contributed by atoms with van der Waals surface area (Å²) in [6, 6.07) is 0. The Morgan fingerprint density at radius 2 is 1.67 bits per heavy atom. The summed E-state index contributed by atoms with van der Waals surface area (Å²) in [5.74, 6) is -5.39. The topological polar surface area (TPSA) is 141 Å². The van der Waals surface area contributed by atoms with E-state index in [9.17, 15) is 24.0 Å². The quantitative estimate of drug-likeness (QED) is 0.303. The number of hydrogen-bond acceptors (Lipinski definition) is 11. The van der Waals surface area contributed by atoms with Crippen molar-refractivity contribution in [3.63, 3.8) is 0 Å². The van der Waals surface area contributed by atoms with Crippen molar-refractivity contribution >= 4 is 29.7 Å². The molecule has 4 aliphatic rings. The van der Waals surface area contributed by atoms with E-state index in [0.717, 1.165) is 0 Å². The van der Waals surface area contributed by atoms with Crippen molar-refractivity contribution < 1.29 is 52.4 Å². The Labute approximate surface area is 246 Å². The van der Waals surface area contributed by atoms with Crippen LogP contribution in [0.25, 0.3) is 0 Å². The standard InChI is InChI=1S/C31H44O11/c1-10-13-37-24-16(2)14-31(42-20(6)35)23(24)26(39-17(3)32)30-15-38-29(9,27(31)40-18(4)33)25(30)21(11-12-22(30)36)28(7,8)41-19(5)34/h11-12,16,21,23-27H,10,13-15H2,1-9H3/t16-,21?,23+,24-,25-,26+,27-,29+,30+,31+/m0/s1. The van der Waals surface area contributed by atoms with E-state index in [0.29, 0.717) is 13.0 Å². The molecule has 3 aliphatic carbocycles. The second kappa shape index (κ2) is 11.0. The van der Waals surface area contributed by atoms with Crippen molar-refractivity contribution in [2.45, 2.75) is 110 Å². The van der Waals surface area contributed by atoms with Crippen molar-refractivity contribution in [1.82, 2.24) is 0 Å². The van der Waals surface area contributed by atoms with Gasteiger partial charge in [-0.1, -0.05) is 19.9 Å². The molecule has 0 aromatic heterocycles. The molecule has 0 radical (unpaired) electrons. The van der Waals surface area contributed by atoms with Gasteiger partial charge < -0.3 is 28.4 Å². The number of carbonyl (C=O) groups excluding carboxylic acids is 5. The van der Waals surface area contributed by atoms with E-state index in [-0.39, 0.29) is 24.7 Å². The molecular weight excluding hydrogens is 548 g/mol. The van der Waals surface area contributed by atoms with Gasteiger partial charge in [-0.3, -0.25) is 24.0 Å². The second-order valence-corrected chi connectivity index (χ2v) is 13.0. The van der Waals surface area contributed by atoms with Crippen LogP contribution in [0.1, 0.15) is 75.2 Å². The van der Waals surface area contributed by atoms with Gasteiger partial charge >= 0.3 is 23.9 Å². The fourth-order valence-corrected chi connectivity index (χ4v) is 8.63. The summed E-state index contributed by atoms with van der Waals surface area (Å²) in [7, 11) is 0.